The van der Waals surface area contributed by atoms with Crippen LogP contribution in [0.5, 0.6) is 0 Å². The van der Waals surface area contributed by atoms with Gasteiger partial charge in [0.1, 0.15) is 12.2 Å². The lowest BCUT2D eigenvalue weighted by Gasteiger charge is -2.40. The molecule has 0 saturated carbocycles. The summed E-state index contributed by atoms with van der Waals surface area (Å²) in [5, 5.41) is 0.725. The lowest BCUT2D eigenvalue weighted by Crippen LogP contribution is -2.52. The largest absolute Gasteiger partial charge is 0.376 e. The Labute approximate surface area is 130 Å². The van der Waals surface area contributed by atoms with Gasteiger partial charge in [0.25, 0.3) is 0 Å². The van der Waals surface area contributed by atoms with Crippen molar-refractivity contribution in [3.05, 3.63) is 34.9 Å². The van der Waals surface area contributed by atoms with Crippen LogP contribution in [-0.2, 0) is 25.6 Å². The van der Waals surface area contributed by atoms with Gasteiger partial charge in [-0.3, -0.25) is 0 Å². The summed E-state index contributed by atoms with van der Waals surface area (Å²) in [4.78, 5) is 0. The number of ether oxygens (including phenoxy) is 4. The first-order valence-electron chi connectivity index (χ1n) is 7.38. The molecule has 0 N–H and O–H groups in total. The van der Waals surface area contributed by atoms with Gasteiger partial charge >= 0.3 is 0 Å². The van der Waals surface area contributed by atoms with E-state index in [1.54, 1.807) is 7.11 Å². The van der Waals surface area contributed by atoms with E-state index in [2.05, 4.69) is 6.92 Å². The third-order valence-electron chi connectivity index (χ3n) is 4.38. The van der Waals surface area contributed by atoms with E-state index in [0.717, 1.165) is 23.4 Å². The highest BCUT2D eigenvalue weighted by molar-refractivity contribution is 6.31. The highest BCUT2D eigenvalue weighted by Gasteiger charge is 2.54. The fourth-order valence-electron chi connectivity index (χ4n) is 3.12. The fraction of sp³-hybridized carbons (Fsp3) is 0.625. The molecule has 1 aromatic rings. The summed E-state index contributed by atoms with van der Waals surface area (Å²) in [6, 6.07) is 7.72. The van der Waals surface area contributed by atoms with Crippen LogP contribution in [0.1, 0.15) is 25.3 Å². The van der Waals surface area contributed by atoms with Crippen LogP contribution in [0.15, 0.2) is 24.3 Å². The van der Waals surface area contributed by atoms with Gasteiger partial charge in [0.2, 0.25) is 0 Å². The van der Waals surface area contributed by atoms with Crippen molar-refractivity contribution in [1.29, 1.82) is 0 Å². The summed E-state index contributed by atoms with van der Waals surface area (Å²) in [5.41, 5.74) is 0.986. The van der Waals surface area contributed by atoms with Gasteiger partial charge in [0, 0.05) is 25.0 Å². The summed E-state index contributed by atoms with van der Waals surface area (Å²) >= 11 is 6.16. The van der Waals surface area contributed by atoms with Crippen molar-refractivity contribution in [2.24, 2.45) is 0 Å². The van der Waals surface area contributed by atoms with Gasteiger partial charge < -0.3 is 18.9 Å². The highest BCUT2D eigenvalue weighted by Crippen LogP contribution is 2.41. The Morgan fingerprint density at radius 3 is 2.90 bits per heavy atom. The standard InChI is InChI=1S/C16H21ClO4/c1-3-16-15(18-2)8-13(14(21-16)10-20-16)19-9-11-6-4-5-7-12(11)17/h4-7,13-15H,3,8-10H2,1-2H3/t13-,14+,15+,16+/m0/s1. The van der Waals surface area contributed by atoms with Crippen LogP contribution in [-0.4, -0.2) is 37.8 Å². The van der Waals surface area contributed by atoms with Crippen molar-refractivity contribution in [1.82, 2.24) is 0 Å². The zero-order chi connectivity index (χ0) is 14.9. The second-order valence-corrected chi connectivity index (χ2v) is 5.94. The second-order valence-electron chi connectivity index (χ2n) is 5.53. The predicted molar refractivity (Wildman–Crippen MR) is 79.3 cm³/mol. The molecular formula is C16H21ClO4. The Kier molecular flexibility index (Phi) is 4.52. The molecule has 116 valence electrons. The molecule has 2 aliphatic rings. The van der Waals surface area contributed by atoms with Gasteiger partial charge in [0.05, 0.1) is 19.3 Å². The molecule has 0 radical (unpaired) electrons. The lowest BCUT2D eigenvalue weighted by molar-refractivity contribution is -0.275. The summed E-state index contributed by atoms with van der Waals surface area (Å²) in [6.07, 6.45) is 1.39. The van der Waals surface area contributed by atoms with Gasteiger partial charge in [-0.2, -0.15) is 0 Å². The molecule has 0 unspecified atom stereocenters. The smallest absolute Gasteiger partial charge is 0.195 e. The lowest BCUT2D eigenvalue weighted by atomic mass is 9.96. The maximum absolute atomic E-state index is 6.16. The van der Waals surface area contributed by atoms with Crippen molar-refractivity contribution in [3.63, 3.8) is 0 Å². The molecule has 0 amide bonds. The minimum absolute atomic E-state index is 0.0289. The fourth-order valence-corrected chi connectivity index (χ4v) is 3.31. The average molecular weight is 313 g/mol. The third-order valence-corrected chi connectivity index (χ3v) is 4.75. The Morgan fingerprint density at radius 2 is 2.19 bits per heavy atom. The normalized spacial score (nSPS) is 35.1. The summed E-state index contributed by atoms with van der Waals surface area (Å²) in [6.45, 7) is 3.08. The molecule has 21 heavy (non-hydrogen) atoms. The summed E-state index contributed by atoms with van der Waals surface area (Å²) < 4.78 is 23.5. The molecule has 2 bridgehead atoms. The van der Waals surface area contributed by atoms with Crippen LogP contribution < -0.4 is 0 Å². The summed E-state index contributed by atoms with van der Waals surface area (Å²) in [5.74, 6) is -0.594. The Bertz CT molecular complexity index is 495. The molecule has 2 saturated heterocycles. The van der Waals surface area contributed by atoms with E-state index in [-0.39, 0.29) is 18.3 Å². The van der Waals surface area contributed by atoms with Crippen molar-refractivity contribution >= 4 is 11.6 Å². The van der Waals surface area contributed by atoms with Crippen LogP contribution in [0.2, 0.25) is 5.02 Å². The SMILES string of the molecule is CC[C@@]12OC[C@@H](O1)[C@@H](OCc1ccccc1Cl)C[C@H]2OC. The van der Waals surface area contributed by atoms with Gasteiger partial charge in [-0.1, -0.05) is 36.7 Å². The van der Waals surface area contributed by atoms with Crippen LogP contribution in [0.3, 0.4) is 0 Å². The van der Waals surface area contributed by atoms with Crippen molar-refractivity contribution < 1.29 is 18.9 Å². The Morgan fingerprint density at radius 1 is 1.38 bits per heavy atom. The maximum Gasteiger partial charge on any atom is 0.195 e. The molecule has 2 heterocycles. The topological polar surface area (TPSA) is 36.9 Å². The Hall–Kier alpha value is -0.650. The molecule has 5 heteroatoms. The van der Waals surface area contributed by atoms with Gasteiger partial charge in [-0.05, 0) is 11.6 Å². The van der Waals surface area contributed by atoms with E-state index in [1.165, 1.54) is 0 Å². The molecule has 2 fully saturated rings. The zero-order valence-corrected chi connectivity index (χ0v) is 13.1. The van der Waals surface area contributed by atoms with E-state index < -0.39 is 5.79 Å². The van der Waals surface area contributed by atoms with Crippen LogP contribution >= 0.6 is 11.6 Å². The molecular weight excluding hydrogens is 292 g/mol. The molecule has 0 aromatic heterocycles. The van der Waals surface area contributed by atoms with Gasteiger partial charge in [-0.15, -0.1) is 0 Å². The first kappa shape index (κ1) is 15.3. The number of fused-ring (bicyclic) bond motifs is 2. The van der Waals surface area contributed by atoms with E-state index in [0.29, 0.717) is 13.2 Å². The maximum atomic E-state index is 6.16. The van der Waals surface area contributed by atoms with E-state index in [1.807, 2.05) is 24.3 Å². The Balaban J connectivity index is 1.66. The first-order chi connectivity index (χ1) is 10.2. The number of rotatable bonds is 5. The highest BCUT2D eigenvalue weighted by atomic mass is 35.5. The molecule has 2 aliphatic heterocycles. The third kappa shape index (κ3) is 2.83. The van der Waals surface area contributed by atoms with E-state index in [4.69, 9.17) is 30.5 Å². The summed E-state index contributed by atoms with van der Waals surface area (Å²) in [7, 11) is 1.69. The molecule has 4 atom stereocenters. The number of benzene rings is 1. The number of hydrogen-bond donors (Lipinski definition) is 0. The monoisotopic (exact) mass is 312 g/mol. The van der Waals surface area contributed by atoms with Crippen LogP contribution in [0.4, 0.5) is 0 Å². The molecule has 4 nitrogen and oxygen atoms in total. The van der Waals surface area contributed by atoms with E-state index >= 15 is 0 Å². The van der Waals surface area contributed by atoms with Gasteiger partial charge in [-0.25, -0.2) is 0 Å². The minimum atomic E-state index is -0.594. The number of hydrogen-bond acceptors (Lipinski definition) is 4. The average Bonchev–Trinajstić information content (AvgIpc) is 2.89. The van der Waals surface area contributed by atoms with Crippen LogP contribution in [0.25, 0.3) is 0 Å². The van der Waals surface area contributed by atoms with Crippen molar-refractivity contribution in [2.75, 3.05) is 13.7 Å². The number of methoxy groups -OCH3 is 1. The predicted octanol–water partition coefficient (Wildman–Crippen LogP) is 3.17. The minimum Gasteiger partial charge on any atom is -0.376 e. The van der Waals surface area contributed by atoms with Crippen molar-refractivity contribution in [2.45, 2.75) is 50.5 Å². The second kappa shape index (κ2) is 6.23. The molecule has 3 rings (SSSR count). The number of halogens is 1. The van der Waals surface area contributed by atoms with Gasteiger partial charge in [0.15, 0.2) is 5.79 Å². The van der Waals surface area contributed by atoms with E-state index in [9.17, 15) is 0 Å². The molecule has 0 aliphatic carbocycles. The molecule has 1 aromatic carbocycles. The quantitative estimate of drug-likeness (QED) is 0.837. The van der Waals surface area contributed by atoms with Crippen molar-refractivity contribution in [3.8, 4) is 0 Å². The first-order valence-corrected chi connectivity index (χ1v) is 7.76. The zero-order valence-electron chi connectivity index (χ0n) is 12.4. The molecule has 0 spiro atoms. The van der Waals surface area contributed by atoms with Crippen LogP contribution in [0, 0.1) is 0 Å².